The summed E-state index contributed by atoms with van der Waals surface area (Å²) in [6, 6.07) is 5.40. The number of sulfonamides is 1. The van der Waals surface area contributed by atoms with Crippen molar-refractivity contribution in [3.63, 3.8) is 0 Å². The van der Waals surface area contributed by atoms with Crippen molar-refractivity contribution in [1.29, 1.82) is 0 Å². The number of halogens is 1. The zero-order valence-corrected chi connectivity index (χ0v) is 13.0. The second kappa shape index (κ2) is 5.30. The summed E-state index contributed by atoms with van der Waals surface area (Å²) in [6.45, 7) is 4.04. The zero-order valence-electron chi connectivity index (χ0n) is 11.5. The van der Waals surface area contributed by atoms with Crippen LogP contribution in [0, 0.1) is 12.8 Å². The van der Waals surface area contributed by atoms with Crippen LogP contribution >= 0.6 is 11.6 Å². The van der Waals surface area contributed by atoms with Gasteiger partial charge in [0.05, 0.1) is 5.02 Å². The van der Waals surface area contributed by atoms with Crippen LogP contribution in [0.2, 0.25) is 5.02 Å². The van der Waals surface area contributed by atoms with E-state index in [2.05, 4.69) is 5.32 Å². The predicted molar refractivity (Wildman–Crippen MR) is 79.5 cm³/mol. The molecule has 2 heterocycles. The Morgan fingerprint density at radius 2 is 2.15 bits per heavy atom. The number of nitrogens with zero attached hydrogens (tertiary/aromatic N) is 1. The summed E-state index contributed by atoms with van der Waals surface area (Å²) in [4.78, 5) is 0.225. The average Bonchev–Trinajstić information content (AvgIpc) is 2.82. The van der Waals surface area contributed by atoms with E-state index in [0.29, 0.717) is 30.1 Å². The van der Waals surface area contributed by atoms with Gasteiger partial charge in [0.15, 0.2) is 0 Å². The molecule has 2 atom stereocenters. The van der Waals surface area contributed by atoms with Crippen LogP contribution in [0.5, 0.6) is 0 Å². The first-order valence-electron chi connectivity index (χ1n) is 6.98. The lowest BCUT2D eigenvalue weighted by molar-refractivity contribution is 0.339. The first-order valence-corrected chi connectivity index (χ1v) is 8.80. The van der Waals surface area contributed by atoms with Crippen LogP contribution in [0.1, 0.15) is 18.4 Å². The highest BCUT2D eigenvalue weighted by Crippen LogP contribution is 2.32. The van der Waals surface area contributed by atoms with Crippen LogP contribution in [-0.4, -0.2) is 38.4 Å². The zero-order chi connectivity index (χ0) is 14.3. The maximum Gasteiger partial charge on any atom is 0.244 e. The van der Waals surface area contributed by atoms with Gasteiger partial charge >= 0.3 is 0 Å². The topological polar surface area (TPSA) is 49.4 Å². The van der Waals surface area contributed by atoms with Crippen LogP contribution in [0.3, 0.4) is 0 Å². The van der Waals surface area contributed by atoms with Crippen LogP contribution in [-0.2, 0) is 10.0 Å². The highest BCUT2D eigenvalue weighted by Gasteiger charge is 2.40. The van der Waals surface area contributed by atoms with E-state index in [1.165, 1.54) is 0 Å². The Morgan fingerprint density at radius 3 is 2.85 bits per heavy atom. The SMILES string of the molecule is Cc1ccc(S(=O)(=O)N2CC3CCCNC3C2)c(Cl)c1. The fraction of sp³-hybridized carbons (Fsp3) is 0.571. The van der Waals surface area contributed by atoms with E-state index >= 15 is 0 Å². The van der Waals surface area contributed by atoms with Crippen molar-refractivity contribution in [2.45, 2.75) is 30.7 Å². The molecule has 4 nitrogen and oxygen atoms in total. The molecule has 110 valence electrons. The normalized spacial score (nSPS) is 27.5. The monoisotopic (exact) mass is 314 g/mol. The number of benzene rings is 1. The average molecular weight is 315 g/mol. The van der Waals surface area contributed by atoms with Crippen LogP contribution in [0.15, 0.2) is 23.1 Å². The van der Waals surface area contributed by atoms with Crippen molar-refractivity contribution < 1.29 is 8.42 Å². The lowest BCUT2D eigenvalue weighted by Crippen LogP contribution is -2.41. The van der Waals surface area contributed by atoms with Crippen LogP contribution in [0.4, 0.5) is 0 Å². The molecular weight excluding hydrogens is 296 g/mol. The highest BCUT2D eigenvalue weighted by molar-refractivity contribution is 7.89. The van der Waals surface area contributed by atoms with Crippen molar-refractivity contribution >= 4 is 21.6 Å². The lowest BCUT2D eigenvalue weighted by atomic mass is 9.94. The third-order valence-electron chi connectivity index (χ3n) is 4.27. The van der Waals surface area contributed by atoms with E-state index in [0.717, 1.165) is 24.9 Å². The molecule has 2 fully saturated rings. The number of rotatable bonds is 2. The Hall–Kier alpha value is -0.620. The number of aryl methyl sites for hydroxylation is 1. The standard InChI is InChI=1S/C14H19ClN2O2S/c1-10-4-5-14(12(15)7-10)20(18,19)17-8-11-3-2-6-16-13(11)9-17/h4-5,7,11,13,16H,2-3,6,8-9H2,1H3. The Bertz CT molecular complexity index is 604. The summed E-state index contributed by atoms with van der Waals surface area (Å²) in [7, 11) is -3.48. The quantitative estimate of drug-likeness (QED) is 0.908. The van der Waals surface area contributed by atoms with E-state index in [1.807, 2.05) is 6.92 Å². The van der Waals surface area contributed by atoms with Crippen molar-refractivity contribution in [2.24, 2.45) is 5.92 Å². The first kappa shape index (κ1) is 14.3. The van der Waals surface area contributed by atoms with Gasteiger partial charge in [0, 0.05) is 19.1 Å². The first-order chi connectivity index (χ1) is 9.48. The minimum atomic E-state index is -3.48. The molecule has 2 unspecified atom stereocenters. The van der Waals surface area contributed by atoms with Crippen molar-refractivity contribution in [3.8, 4) is 0 Å². The van der Waals surface area contributed by atoms with E-state index in [1.54, 1.807) is 22.5 Å². The Kier molecular flexibility index (Phi) is 3.79. The van der Waals surface area contributed by atoms with Crippen molar-refractivity contribution in [2.75, 3.05) is 19.6 Å². The minimum Gasteiger partial charge on any atom is -0.312 e. The molecule has 0 amide bonds. The molecule has 0 saturated carbocycles. The summed E-state index contributed by atoms with van der Waals surface area (Å²) in [5.74, 6) is 0.433. The molecule has 1 aromatic rings. The van der Waals surface area contributed by atoms with Gasteiger partial charge in [-0.2, -0.15) is 4.31 Å². The van der Waals surface area contributed by atoms with E-state index in [-0.39, 0.29) is 4.90 Å². The fourth-order valence-electron chi connectivity index (χ4n) is 3.16. The van der Waals surface area contributed by atoms with Crippen LogP contribution < -0.4 is 5.32 Å². The Morgan fingerprint density at radius 1 is 1.35 bits per heavy atom. The third-order valence-corrected chi connectivity index (χ3v) is 6.59. The smallest absolute Gasteiger partial charge is 0.244 e. The number of hydrogen-bond acceptors (Lipinski definition) is 3. The molecule has 0 radical (unpaired) electrons. The fourth-order valence-corrected chi connectivity index (χ4v) is 5.25. The lowest BCUT2D eigenvalue weighted by Gasteiger charge is -2.24. The van der Waals surface area contributed by atoms with Gasteiger partial charge in [-0.1, -0.05) is 17.7 Å². The van der Waals surface area contributed by atoms with Gasteiger partial charge in [0.25, 0.3) is 0 Å². The second-order valence-electron chi connectivity index (χ2n) is 5.72. The number of hydrogen-bond donors (Lipinski definition) is 1. The highest BCUT2D eigenvalue weighted by atomic mass is 35.5. The summed E-state index contributed by atoms with van der Waals surface area (Å²) >= 11 is 6.12. The third kappa shape index (κ3) is 2.48. The van der Waals surface area contributed by atoms with Gasteiger partial charge in [-0.25, -0.2) is 8.42 Å². The maximum absolute atomic E-state index is 12.7. The number of fused-ring (bicyclic) bond motifs is 1. The molecule has 6 heteroatoms. The molecular formula is C14H19ClN2O2S. The molecule has 2 saturated heterocycles. The van der Waals surface area contributed by atoms with Gasteiger partial charge in [-0.05, 0) is 49.9 Å². The molecule has 0 bridgehead atoms. The molecule has 2 aliphatic rings. The van der Waals surface area contributed by atoms with Gasteiger partial charge in [0.1, 0.15) is 4.90 Å². The largest absolute Gasteiger partial charge is 0.312 e. The van der Waals surface area contributed by atoms with Crippen molar-refractivity contribution in [3.05, 3.63) is 28.8 Å². The van der Waals surface area contributed by atoms with Crippen molar-refractivity contribution in [1.82, 2.24) is 9.62 Å². The van der Waals surface area contributed by atoms with Gasteiger partial charge in [-0.15, -0.1) is 0 Å². The predicted octanol–water partition coefficient (Wildman–Crippen LogP) is 2.02. The molecule has 1 aromatic carbocycles. The Balaban J connectivity index is 1.89. The minimum absolute atomic E-state index is 0.225. The molecule has 20 heavy (non-hydrogen) atoms. The molecule has 0 spiro atoms. The van der Waals surface area contributed by atoms with E-state index < -0.39 is 10.0 Å². The van der Waals surface area contributed by atoms with Gasteiger partial charge in [0.2, 0.25) is 10.0 Å². The van der Waals surface area contributed by atoms with E-state index in [9.17, 15) is 8.42 Å². The molecule has 0 aliphatic carbocycles. The molecule has 2 aliphatic heterocycles. The molecule has 0 aromatic heterocycles. The molecule has 1 N–H and O–H groups in total. The second-order valence-corrected chi connectivity index (χ2v) is 8.03. The number of piperidine rings is 1. The molecule has 3 rings (SSSR count). The van der Waals surface area contributed by atoms with Crippen LogP contribution in [0.25, 0.3) is 0 Å². The van der Waals surface area contributed by atoms with Gasteiger partial charge < -0.3 is 5.32 Å². The van der Waals surface area contributed by atoms with Gasteiger partial charge in [-0.3, -0.25) is 0 Å². The van der Waals surface area contributed by atoms with E-state index in [4.69, 9.17) is 11.6 Å². The number of nitrogens with one attached hydrogen (secondary N) is 1. The Labute approximate surface area is 125 Å². The maximum atomic E-state index is 12.7. The summed E-state index contributed by atoms with van der Waals surface area (Å²) in [5.41, 5.74) is 0.964. The summed E-state index contributed by atoms with van der Waals surface area (Å²) in [5, 5.41) is 3.73. The summed E-state index contributed by atoms with van der Waals surface area (Å²) in [6.07, 6.45) is 2.23. The summed E-state index contributed by atoms with van der Waals surface area (Å²) < 4.78 is 27.0.